The number of fused-ring (bicyclic) bond motifs is 1. The van der Waals surface area contributed by atoms with Crippen LogP contribution in [0.3, 0.4) is 0 Å². The first-order valence-corrected chi connectivity index (χ1v) is 12.0. The van der Waals surface area contributed by atoms with Gasteiger partial charge in [0, 0.05) is 56.2 Å². The standard InChI is InChI=1S/C29H30N4O2/c1-35-25-9-5-6-22(18-25)26-11-10-23(28-20-30-13-12-27(26)28)19-31-29(34)21-32-14-16-33(17-15-32)24-7-3-2-4-8-24/h2-13,18,20H,14-17,19,21H2,1H3,(H,31,34). The Kier molecular flexibility index (Phi) is 6.91. The molecular formula is C29H30N4O2. The summed E-state index contributed by atoms with van der Waals surface area (Å²) in [5.41, 5.74) is 4.51. The van der Waals surface area contributed by atoms with Gasteiger partial charge in [0.15, 0.2) is 0 Å². The van der Waals surface area contributed by atoms with Crippen molar-refractivity contribution in [2.45, 2.75) is 6.54 Å². The molecule has 0 saturated carbocycles. The lowest BCUT2D eigenvalue weighted by molar-refractivity contribution is -0.122. The summed E-state index contributed by atoms with van der Waals surface area (Å²) >= 11 is 0. The third kappa shape index (κ3) is 5.28. The number of benzene rings is 3. The van der Waals surface area contributed by atoms with Crippen LogP contribution in [0.5, 0.6) is 5.75 Å². The summed E-state index contributed by atoms with van der Waals surface area (Å²) in [5, 5.41) is 5.27. The molecule has 1 fully saturated rings. The Morgan fingerprint density at radius 2 is 1.77 bits per heavy atom. The Bertz CT molecular complexity index is 1300. The fourth-order valence-electron chi connectivity index (χ4n) is 4.70. The molecule has 0 unspecified atom stereocenters. The van der Waals surface area contributed by atoms with Gasteiger partial charge in [-0.1, -0.05) is 42.5 Å². The number of nitrogens with zero attached hydrogens (tertiary/aromatic N) is 3. The molecule has 0 radical (unpaired) electrons. The maximum atomic E-state index is 12.7. The SMILES string of the molecule is COc1cccc(-c2ccc(CNC(=O)CN3CCN(c4ccccc4)CC3)c3cnccc23)c1. The van der Waals surface area contributed by atoms with E-state index in [-0.39, 0.29) is 5.91 Å². The second kappa shape index (κ2) is 10.6. The summed E-state index contributed by atoms with van der Waals surface area (Å²) in [4.78, 5) is 21.7. The Balaban J connectivity index is 1.22. The number of methoxy groups -OCH3 is 1. The van der Waals surface area contributed by atoms with Gasteiger partial charge in [-0.3, -0.25) is 14.7 Å². The van der Waals surface area contributed by atoms with Crippen molar-refractivity contribution < 1.29 is 9.53 Å². The number of para-hydroxylation sites is 1. The number of carbonyl (C=O) groups is 1. The van der Waals surface area contributed by atoms with Gasteiger partial charge in [0.2, 0.25) is 5.91 Å². The number of rotatable bonds is 7. The normalized spacial score (nSPS) is 14.1. The lowest BCUT2D eigenvalue weighted by Crippen LogP contribution is -2.49. The molecule has 1 aliphatic rings. The highest BCUT2D eigenvalue weighted by molar-refractivity contribution is 5.98. The van der Waals surface area contributed by atoms with Gasteiger partial charge < -0.3 is 15.0 Å². The number of pyridine rings is 1. The van der Waals surface area contributed by atoms with Gasteiger partial charge >= 0.3 is 0 Å². The summed E-state index contributed by atoms with van der Waals surface area (Å²) < 4.78 is 5.40. The van der Waals surface area contributed by atoms with E-state index in [0.29, 0.717) is 13.1 Å². The molecule has 0 aliphatic carbocycles. The van der Waals surface area contributed by atoms with Crippen molar-refractivity contribution in [2.75, 3.05) is 44.7 Å². The number of hydrogen-bond donors (Lipinski definition) is 1. The van der Waals surface area contributed by atoms with E-state index in [1.165, 1.54) is 5.69 Å². The predicted molar refractivity (Wildman–Crippen MR) is 141 cm³/mol. The second-order valence-corrected chi connectivity index (χ2v) is 8.80. The third-order valence-electron chi connectivity index (χ3n) is 6.63. The minimum Gasteiger partial charge on any atom is -0.497 e. The Morgan fingerprint density at radius 1 is 0.943 bits per heavy atom. The summed E-state index contributed by atoms with van der Waals surface area (Å²) in [7, 11) is 1.68. The van der Waals surface area contributed by atoms with Crippen LogP contribution in [0.25, 0.3) is 21.9 Å². The first-order chi connectivity index (χ1) is 17.2. The average molecular weight is 467 g/mol. The summed E-state index contributed by atoms with van der Waals surface area (Å²) in [6.45, 7) is 4.51. The van der Waals surface area contributed by atoms with Gasteiger partial charge in [0.25, 0.3) is 0 Å². The van der Waals surface area contributed by atoms with Crippen LogP contribution in [0.1, 0.15) is 5.56 Å². The lowest BCUT2D eigenvalue weighted by Gasteiger charge is -2.35. The molecule has 1 saturated heterocycles. The second-order valence-electron chi connectivity index (χ2n) is 8.80. The molecule has 35 heavy (non-hydrogen) atoms. The lowest BCUT2D eigenvalue weighted by atomic mass is 9.96. The van der Waals surface area contributed by atoms with E-state index in [1.807, 2.05) is 42.7 Å². The Morgan fingerprint density at radius 3 is 2.57 bits per heavy atom. The molecule has 178 valence electrons. The van der Waals surface area contributed by atoms with E-state index in [0.717, 1.165) is 59.4 Å². The maximum absolute atomic E-state index is 12.7. The number of hydrogen-bond acceptors (Lipinski definition) is 5. The first-order valence-electron chi connectivity index (χ1n) is 12.0. The minimum atomic E-state index is 0.0482. The highest BCUT2D eigenvalue weighted by Gasteiger charge is 2.19. The summed E-state index contributed by atoms with van der Waals surface area (Å²) in [6, 6.07) is 24.7. The highest BCUT2D eigenvalue weighted by atomic mass is 16.5. The zero-order valence-corrected chi connectivity index (χ0v) is 20.0. The quantitative estimate of drug-likeness (QED) is 0.439. The molecule has 5 rings (SSSR count). The highest BCUT2D eigenvalue weighted by Crippen LogP contribution is 2.32. The van der Waals surface area contributed by atoms with Crippen molar-refractivity contribution >= 4 is 22.4 Å². The fraction of sp³-hybridized carbons (Fsp3) is 0.241. The number of carbonyl (C=O) groups excluding carboxylic acids is 1. The van der Waals surface area contributed by atoms with Crippen molar-refractivity contribution in [1.29, 1.82) is 0 Å². The van der Waals surface area contributed by atoms with Crippen molar-refractivity contribution in [3.05, 3.63) is 90.8 Å². The number of ether oxygens (including phenoxy) is 1. The average Bonchev–Trinajstić information content (AvgIpc) is 2.92. The first kappa shape index (κ1) is 22.9. The predicted octanol–water partition coefficient (Wildman–Crippen LogP) is 4.35. The van der Waals surface area contributed by atoms with E-state index in [4.69, 9.17) is 4.74 Å². The van der Waals surface area contributed by atoms with Crippen molar-refractivity contribution in [3.8, 4) is 16.9 Å². The number of anilines is 1. The zero-order valence-electron chi connectivity index (χ0n) is 20.0. The van der Waals surface area contributed by atoms with Gasteiger partial charge in [-0.05, 0) is 52.4 Å². The zero-order chi connectivity index (χ0) is 24.0. The van der Waals surface area contributed by atoms with Crippen LogP contribution in [0.4, 0.5) is 5.69 Å². The third-order valence-corrected chi connectivity index (χ3v) is 6.63. The molecule has 0 atom stereocenters. The van der Waals surface area contributed by atoms with E-state index in [9.17, 15) is 4.79 Å². The molecular weight excluding hydrogens is 436 g/mol. The fourth-order valence-corrected chi connectivity index (χ4v) is 4.70. The molecule has 6 nitrogen and oxygen atoms in total. The molecule has 2 heterocycles. The smallest absolute Gasteiger partial charge is 0.234 e. The van der Waals surface area contributed by atoms with E-state index >= 15 is 0 Å². The van der Waals surface area contributed by atoms with Crippen LogP contribution >= 0.6 is 0 Å². The molecule has 4 aromatic rings. The number of piperazine rings is 1. The minimum absolute atomic E-state index is 0.0482. The molecule has 1 amide bonds. The van der Waals surface area contributed by atoms with E-state index in [2.05, 4.69) is 62.6 Å². The number of amides is 1. The van der Waals surface area contributed by atoms with Gasteiger partial charge in [-0.25, -0.2) is 0 Å². The van der Waals surface area contributed by atoms with Crippen LogP contribution < -0.4 is 15.0 Å². The maximum Gasteiger partial charge on any atom is 0.234 e. The Labute approximate surface area is 206 Å². The molecule has 1 N–H and O–H groups in total. The molecule has 6 heteroatoms. The molecule has 1 aromatic heterocycles. The van der Waals surface area contributed by atoms with Gasteiger partial charge in [-0.2, -0.15) is 0 Å². The monoisotopic (exact) mass is 466 g/mol. The van der Waals surface area contributed by atoms with Crippen molar-refractivity contribution in [1.82, 2.24) is 15.2 Å². The molecule has 3 aromatic carbocycles. The summed E-state index contributed by atoms with van der Waals surface area (Å²) in [5.74, 6) is 0.873. The van der Waals surface area contributed by atoms with Gasteiger partial charge in [0.1, 0.15) is 5.75 Å². The summed E-state index contributed by atoms with van der Waals surface area (Å²) in [6.07, 6.45) is 3.69. The van der Waals surface area contributed by atoms with Gasteiger partial charge in [0.05, 0.1) is 13.7 Å². The molecule has 1 aliphatic heterocycles. The van der Waals surface area contributed by atoms with Crippen LogP contribution in [-0.4, -0.2) is 55.6 Å². The topological polar surface area (TPSA) is 57.7 Å². The Hall–Kier alpha value is -3.90. The van der Waals surface area contributed by atoms with Crippen LogP contribution in [0, 0.1) is 0 Å². The molecule has 0 spiro atoms. The van der Waals surface area contributed by atoms with Crippen molar-refractivity contribution in [2.24, 2.45) is 0 Å². The van der Waals surface area contributed by atoms with Crippen molar-refractivity contribution in [3.63, 3.8) is 0 Å². The van der Waals surface area contributed by atoms with Crippen LogP contribution in [0.15, 0.2) is 85.2 Å². The molecule has 0 bridgehead atoms. The largest absolute Gasteiger partial charge is 0.497 e. The van der Waals surface area contributed by atoms with E-state index < -0.39 is 0 Å². The van der Waals surface area contributed by atoms with Crippen LogP contribution in [0.2, 0.25) is 0 Å². The number of nitrogens with one attached hydrogen (secondary N) is 1. The number of aromatic nitrogens is 1. The van der Waals surface area contributed by atoms with Gasteiger partial charge in [-0.15, -0.1) is 0 Å². The van der Waals surface area contributed by atoms with E-state index in [1.54, 1.807) is 7.11 Å². The van der Waals surface area contributed by atoms with Crippen LogP contribution in [-0.2, 0) is 11.3 Å².